The number of amides is 8. The van der Waals surface area contributed by atoms with Crippen molar-refractivity contribution in [2.75, 3.05) is 26.2 Å². The van der Waals surface area contributed by atoms with E-state index in [9.17, 15) is 78.0 Å². The Kier molecular flexibility index (Phi) is 25.4. The van der Waals surface area contributed by atoms with Crippen LogP contribution in [0.3, 0.4) is 0 Å². The molecule has 3 saturated carbocycles. The molecule has 76 heavy (non-hydrogen) atoms. The standard InChI is InChI=1S/C49H77N9O18/c1-2-51-34(59)16-19-47-25-33(54-37(62)11-3-6-22-50)40-48(26-47,20-17-35(60)52-23-7-4-9-29(41(67)68)55-45(75)57-31(43(71)72)12-14-38(63)64)28-49(40,27-47)21-18-36(61)53-24-8-5-10-30(42(69)70)56-46(76)58-32(44(73)74)13-15-39(65)66/h29-32H,2-28,50H2,1H3,(H,51,59)(H,52,60)(H,53,61)(H,54,62)(H,63,64)(H,65,66)(H,67,68)(H,69,70)(H,71,72)(H,73,74)(H2,55,57,75)(H2,56,58,76). The Morgan fingerprint density at radius 1 is 0.474 bits per heavy atom. The number of hydrogen-bond acceptors (Lipinski definition) is 13. The second-order valence-electron chi connectivity index (χ2n) is 20.2. The van der Waals surface area contributed by atoms with E-state index in [1.54, 1.807) is 0 Å². The molecule has 8 amide bonds. The highest BCUT2D eigenvalue weighted by Gasteiger charge is 2.70. The lowest BCUT2D eigenvalue weighted by Crippen LogP contribution is -2.64. The van der Waals surface area contributed by atoms with Crippen molar-refractivity contribution in [2.45, 2.75) is 179 Å². The number of hydrogen-bond donors (Lipinski definition) is 15. The number of nitrogens with two attached hydrogens (primary N) is 1. The summed E-state index contributed by atoms with van der Waals surface area (Å²) in [6.45, 7) is 3.02. The first-order valence-electron chi connectivity index (χ1n) is 25.9. The maximum Gasteiger partial charge on any atom is 0.326 e. The van der Waals surface area contributed by atoms with Crippen molar-refractivity contribution in [3.05, 3.63) is 11.3 Å². The smallest absolute Gasteiger partial charge is 0.326 e. The molecule has 6 atom stereocenters. The van der Waals surface area contributed by atoms with E-state index in [0.717, 1.165) is 11.3 Å². The number of nitrogens with one attached hydrogen (secondary N) is 8. The summed E-state index contributed by atoms with van der Waals surface area (Å²) in [5.41, 5.74) is 5.94. The van der Waals surface area contributed by atoms with Crippen molar-refractivity contribution >= 4 is 71.5 Å². The van der Waals surface area contributed by atoms with E-state index < -0.39 is 114 Å². The lowest BCUT2D eigenvalue weighted by atomic mass is 9.31. The number of carboxylic acids is 6. The first-order chi connectivity index (χ1) is 35.9. The highest BCUT2D eigenvalue weighted by atomic mass is 16.4. The number of carbonyl (C=O) groups excluding carboxylic acids is 6. The summed E-state index contributed by atoms with van der Waals surface area (Å²) in [5.74, 6) is -9.15. The Hall–Kier alpha value is -7.06. The number of aliphatic carboxylic acids is 6. The number of carboxylic acid groups (broad SMARTS) is 6. The molecule has 0 aromatic rings. The van der Waals surface area contributed by atoms with Gasteiger partial charge in [0.15, 0.2) is 0 Å². The number of urea groups is 2. The Balaban J connectivity index is 1.67. The predicted octanol–water partition coefficient (Wildman–Crippen LogP) is 1.24. The van der Waals surface area contributed by atoms with Gasteiger partial charge in [-0.3, -0.25) is 28.8 Å². The molecule has 5 aliphatic carbocycles. The van der Waals surface area contributed by atoms with E-state index in [1.807, 2.05) is 6.92 Å². The van der Waals surface area contributed by atoms with Gasteiger partial charge in [0.1, 0.15) is 24.2 Å². The minimum atomic E-state index is -1.56. The maximum absolute atomic E-state index is 13.4. The molecule has 0 spiro atoms. The molecule has 16 N–H and O–H groups in total. The third kappa shape index (κ3) is 20.2. The molecule has 0 aromatic heterocycles. The normalized spacial score (nSPS) is 20.5. The second-order valence-corrected chi connectivity index (χ2v) is 20.2. The molecular weight excluding hydrogens is 1000 g/mol. The first-order valence-corrected chi connectivity index (χ1v) is 25.9. The van der Waals surface area contributed by atoms with Crippen LogP contribution in [0.25, 0.3) is 0 Å². The van der Waals surface area contributed by atoms with Gasteiger partial charge < -0.3 is 78.9 Å². The van der Waals surface area contributed by atoms with E-state index in [4.69, 9.17) is 15.9 Å². The van der Waals surface area contributed by atoms with Crippen LogP contribution < -0.4 is 48.3 Å². The fourth-order valence-electron chi connectivity index (χ4n) is 11.2. The van der Waals surface area contributed by atoms with Gasteiger partial charge in [-0.05, 0) is 144 Å². The molecule has 5 aliphatic rings. The van der Waals surface area contributed by atoms with Crippen LogP contribution in [0.2, 0.25) is 0 Å². The molecule has 27 heteroatoms. The number of rotatable bonds is 39. The number of fused-ring (bicyclic) bond motifs is 1. The Labute approximate surface area is 439 Å². The van der Waals surface area contributed by atoms with Crippen LogP contribution in [0.1, 0.15) is 155 Å². The molecule has 5 rings (SSSR count). The number of allylic oxidation sites excluding steroid dienone is 2. The van der Waals surface area contributed by atoms with Crippen LogP contribution in [0, 0.1) is 16.2 Å². The van der Waals surface area contributed by atoms with Gasteiger partial charge in [-0.1, -0.05) is 0 Å². The molecule has 4 bridgehead atoms. The van der Waals surface area contributed by atoms with Crippen molar-refractivity contribution in [2.24, 2.45) is 22.0 Å². The molecule has 426 valence electrons. The maximum atomic E-state index is 13.4. The molecule has 0 radical (unpaired) electrons. The average Bonchev–Trinajstić information content (AvgIpc) is 3.33. The number of unbranched alkanes of at least 4 members (excludes halogenated alkanes) is 3. The van der Waals surface area contributed by atoms with E-state index in [-0.39, 0.29) is 88.1 Å². The van der Waals surface area contributed by atoms with Crippen molar-refractivity contribution in [1.29, 1.82) is 0 Å². The Bertz CT molecular complexity index is 2060. The Morgan fingerprint density at radius 2 is 0.882 bits per heavy atom. The van der Waals surface area contributed by atoms with E-state index in [0.29, 0.717) is 83.7 Å². The lowest BCUT2D eigenvalue weighted by Gasteiger charge is -2.73. The van der Waals surface area contributed by atoms with Crippen LogP contribution in [0.4, 0.5) is 9.59 Å². The monoisotopic (exact) mass is 1080 g/mol. The molecule has 0 aliphatic heterocycles. The summed E-state index contributed by atoms with van der Waals surface area (Å²) in [7, 11) is 0. The first kappa shape index (κ1) is 63.2. The van der Waals surface area contributed by atoms with Crippen LogP contribution in [0.15, 0.2) is 11.3 Å². The molecular formula is C49H77N9O18. The van der Waals surface area contributed by atoms with E-state index in [1.165, 1.54) is 0 Å². The van der Waals surface area contributed by atoms with Crippen molar-refractivity contribution in [3.63, 3.8) is 0 Å². The minimum absolute atomic E-state index is 0.0614. The second kappa shape index (κ2) is 30.5. The quantitative estimate of drug-likeness (QED) is 0.0385. The van der Waals surface area contributed by atoms with Gasteiger partial charge in [0.2, 0.25) is 23.6 Å². The molecule has 0 saturated heterocycles. The number of carbonyl (C=O) groups is 12. The van der Waals surface area contributed by atoms with Gasteiger partial charge in [-0.15, -0.1) is 0 Å². The minimum Gasteiger partial charge on any atom is -0.481 e. The summed E-state index contributed by atoms with van der Waals surface area (Å²) in [4.78, 5) is 146. The van der Waals surface area contributed by atoms with Crippen molar-refractivity contribution < 1.29 is 88.2 Å². The van der Waals surface area contributed by atoms with E-state index in [2.05, 4.69) is 42.5 Å². The van der Waals surface area contributed by atoms with E-state index >= 15 is 0 Å². The largest absolute Gasteiger partial charge is 0.481 e. The van der Waals surface area contributed by atoms with Gasteiger partial charge in [0.25, 0.3) is 0 Å². The average molecular weight is 1080 g/mol. The van der Waals surface area contributed by atoms with Gasteiger partial charge in [-0.2, -0.15) is 0 Å². The van der Waals surface area contributed by atoms with Crippen LogP contribution in [-0.2, 0) is 47.9 Å². The van der Waals surface area contributed by atoms with Gasteiger partial charge in [-0.25, -0.2) is 28.8 Å². The van der Waals surface area contributed by atoms with Crippen LogP contribution in [-0.4, -0.2) is 152 Å². The fourth-order valence-corrected chi connectivity index (χ4v) is 11.2. The molecule has 3 fully saturated rings. The van der Waals surface area contributed by atoms with Crippen molar-refractivity contribution in [3.8, 4) is 0 Å². The van der Waals surface area contributed by atoms with Crippen LogP contribution >= 0.6 is 0 Å². The summed E-state index contributed by atoms with van der Waals surface area (Å²) < 4.78 is 0. The molecule has 27 nitrogen and oxygen atoms in total. The summed E-state index contributed by atoms with van der Waals surface area (Å²) in [6, 6.07) is -8.11. The summed E-state index contributed by atoms with van der Waals surface area (Å²) in [6.07, 6.45) is 4.73. The Morgan fingerprint density at radius 3 is 1.28 bits per heavy atom. The molecule has 0 heterocycles. The van der Waals surface area contributed by atoms with Gasteiger partial charge >= 0.3 is 47.9 Å². The van der Waals surface area contributed by atoms with Crippen LogP contribution in [0.5, 0.6) is 0 Å². The van der Waals surface area contributed by atoms with Gasteiger partial charge in [0, 0.05) is 63.9 Å². The fraction of sp³-hybridized carbons (Fsp3) is 0.714. The lowest BCUT2D eigenvalue weighted by molar-refractivity contribution is -0.142. The zero-order valence-electron chi connectivity index (χ0n) is 43.1. The molecule has 6 unspecified atom stereocenters. The molecule has 0 aromatic carbocycles. The highest BCUT2D eigenvalue weighted by Crippen LogP contribution is 2.79. The predicted molar refractivity (Wildman–Crippen MR) is 267 cm³/mol. The third-order valence-electron chi connectivity index (χ3n) is 14.3. The highest BCUT2D eigenvalue weighted by molar-refractivity contribution is 5.87. The third-order valence-corrected chi connectivity index (χ3v) is 14.3. The summed E-state index contributed by atoms with van der Waals surface area (Å²) in [5, 5.41) is 76.0. The van der Waals surface area contributed by atoms with Gasteiger partial charge in [0.05, 0.1) is 0 Å². The zero-order chi connectivity index (χ0) is 56.6. The SMILES string of the molecule is CCNC(=O)CCC12CC(NC(=O)CCCCN)=C3C(CCC(=O)NCCCCC(NC(=O)NC(CCC(=O)O)C(=O)O)C(=O)O)(C1)CC3(CCC(=O)NCCCCC(NC(=O)NC(CCC(=O)O)C(=O)O)C(=O)O)C2. The topological polar surface area (TPSA) is 448 Å². The zero-order valence-corrected chi connectivity index (χ0v) is 43.1. The van der Waals surface area contributed by atoms with Crippen molar-refractivity contribution in [1.82, 2.24) is 42.5 Å². The summed E-state index contributed by atoms with van der Waals surface area (Å²) >= 11 is 0.